The van der Waals surface area contributed by atoms with Crippen molar-refractivity contribution < 1.29 is 9.53 Å². The average Bonchev–Trinajstić information content (AvgIpc) is 3.21. The van der Waals surface area contributed by atoms with E-state index in [1.165, 1.54) is 0 Å². The van der Waals surface area contributed by atoms with Crippen molar-refractivity contribution in [3.8, 4) is 5.75 Å². The Kier molecular flexibility index (Phi) is 6.02. The summed E-state index contributed by atoms with van der Waals surface area (Å²) in [5.41, 5.74) is 9.83. The second-order valence-electron chi connectivity index (χ2n) is 7.65. The molecule has 0 saturated carbocycles. The molecule has 0 unspecified atom stereocenters. The molecule has 2 N–H and O–H groups in total. The topological polar surface area (TPSA) is 86.3 Å². The molecular formula is C24H27N5O2. The number of ether oxygens (including phenoxy) is 1. The number of nitrogen functional groups attached to an aromatic ring is 1. The van der Waals surface area contributed by atoms with Crippen molar-refractivity contribution in [3.05, 3.63) is 60.4 Å². The summed E-state index contributed by atoms with van der Waals surface area (Å²) < 4.78 is 7.34. The molecule has 1 amide bonds. The van der Waals surface area contributed by atoms with E-state index >= 15 is 0 Å². The molecule has 7 heteroatoms. The number of nitrogens with zero attached hydrogens (tertiary/aromatic N) is 4. The highest BCUT2D eigenvalue weighted by Crippen LogP contribution is 2.27. The van der Waals surface area contributed by atoms with E-state index in [9.17, 15) is 4.79 Å². The van der Waals surface area contributed by atoms with Gasteiger partial charge in [-0.1, -0.05) is 30.3 Å². The highest BCUT2D eigenvalue weighted by molar-refractivity contribution is 6.06. The number of anilines is 1. The number of imidazole rings is 1. The molecule has 31 heavy (non-hydrogen) atoms. The number of benzene rings is 2. The molecule has 160 valence electrons. The maximum Gasteiger partial charge on any atom is 0.219 e. The minimum absolute atomic E-state index is 0.0775. The van der Waals surface area contributed by atoms with Crippen molar-refractivity contribution in [1.29, 1.82) is 0 Å². The molecule has 0 saturated heterocycles. The van der Waals surface area contributed by atoms with Crippen LogP contribution in [0.3, 0.4) is 0 Å². The third-order valence-corrected chi connectivity index (χ3v) is 5.54. The normalized spacial score (nSPS) is 11.2. The predicted octanol–water partition coefficient (Wildman–Crippen LogP) is 4.00. The van der Waals surface area contributed by atoms with Gasteiger partial charge in [0.1, 0.15) is 11.3 Å². The van der Waals surface area contributed by atoms with Gasteiger partial charge in [0.15, 0.2) is 5.82 Å². The zero-order valence-electron chi connectivity index (χ0n) is 17.9. The molecular weight excluding hydrogens is 390 g/mol. The van der Waals surface area contributed by atoms with E-state index < -0.39 is 0 Å². The van der Waals surface area contributed by atoms with E-state index in [1.54, 1.807) is 14.0 Å². The summed E-state index contributed by atoms with van der Waals surface area (Å²) in [7, 11) is 1.65. The first kappa shape index (κ1) is 20.7. The molecule has 0 aliphatic rings. The quantitative estimate of drug-likeness (QED) is 0.438. The number of para-hydroxylation sites is 1. The Morgan fingerprint density at radius 1 is 1.13 bits per heavy atom. The van der Waals surface area contributed by atoms with Crippen LogP contribution in [0.15, 0.2) is 54.9 Å². The summed E-state index contributed by atoms with van der Waals surface area (Å²) >= 11 is 0. The first-order valence-corrected chi connectivity index (χ1v) is 10.4. The largest absolute Gasteiger partial charge is 0.497 e. The first-order valence-electron chi connectivity index (χ1n) is 10.4. The number of carbonyl (C=O) groups excluding carboxylic acids is 1. The highest BCUT2D eigenvalue weighted by atomic mass is 16.5. The lowest BCUT2D eigenvalue weighted by Crippen LogP contribution is -2.29. The van der Waals surface area contributed by atoms with E-state index in [4.69, 9.17) is 10.5 Å². The Bertz CT molecular complexity index is 1200. The molecule has 2 aromatic heterocycles. The minimum atomic E-state index is 0.0775. The molecule has 0 spiro atoms. The summed E-state index contributed by atoms with van der Waals surface area (Å²) in [5.74, 6) is 1.34. The van der Waals surface area contributed by atoms with Gasteiger partial charge in [-0.25, -0.2) is 9.97 Å². The molecule has 0 fully saturated rings. The van der Waals surface area contributed by atoms with Gasteiger partial charge in [0.05, 0.1) is 24.5 Å². The number of fused-ring (bicyclic) bond motifs is 3. The molecule has 0 aliphatic heterocycles. The Morgan fingerprint density at radius 3 is 2.65 bits per heavy atom. The van der Waals surface area contributed by atoms with Crippen molar-refractivity contribution >= 4 is 33.7 Å². The summed E-state index contributed by atoms with van der Waals surface area (Å²) in [6, 6.07) is 15.8. The molecule has 0 atom stereocenters. The van der Waals surface area contributed by atoms with Gasteiger partial charge in [-0.05, 0) is 36.6 Å². The fourth-order valence-electron chi connectivity index (χ4n) is 3.86. The van der Waals surface area contributed by atoms with Crippen LogP contribution in [0.25, 0.3) is 21.9 Å². The smallest absolute Gasteiger partial charge is 0.219 e. The van der Waals surface area contributed by atoms with Crippen LogP contribution in [0.4, 0.5) is 5.82 Å². The summed E-state index contributed by atoms with van der Waals surface area (Å²) in [6.45, 7) is 3.73. The maximum atomic E-state index is 12.1. The summed E-state index contributed by atoms with van der Waals surface area (Å²) in [6.07, 6.45) is 3.65. The molecule has 4 rings (SSSR count). The lowest BCUT2D eigenvalue weighted by atomic mass is 10.1. The Morgan fingerprint density at radius 2 is 1.90 bits per heavy atom. The standard InChI is InChI=1S/C24H27N5O2/c1-17(30)28(15-18-9-11-19(31-2)12-10-18)13-5-6-14-29-16-26-22-23(29)20-7-3-4-8-21(20)27-24(22)25/h3-4,7-12,16H,5-6,13-15H2,1-2H3,(H2,25,27). The van der Waals surface area contributed by atoms with E-state index in [-0.39, 0.29) is 5.91 Å². The predicted molar refractivity (Wildman–Crippen MR) is 123 cm³/mol. The van der Waals surface area contributed by atoms with E-state index in [2.05, 4.69) is 20.6 Å². The van der Waals surface area contributed by atoms with Crippen LogP contribution >= 0.6 is 0 Å². The van der Waals surface area contributed by atoms with E-state index in [0.717, 1.165) is 52.6 Å². The second-order valence-corrected chi connectivity index (χ2v) is 7.65. The minimum Gasteiger partial charge on any atom is -0.497 e. The van der Waals surface area contributed by atoms with Gasteiger partial charge in [0.25, 0.3) is 0 Å². The molecule has 2 heterocycles. The van der Waals surface area contributed by atoms with Crippen LogP contribution in [0.2, 0.25) is 0 Å². The first-order chi connectivity index (χ1) is 15.1. The molecule has 0 bridgehead atoms. The van der Waals surface area contributed by atoms with Crippen molar-refractivity contribution in [2.24, 2.45) is 0 Å². The number of rotatable bonds is 8. The number of pyridine rings is 1. The van der Waals surface area contributed by atoms with Gasteiger partial charge in [-0.2, -0.15) is 0 Å². The van der Waals surface area contributed by atoms with Crippen LogP contribution in [0, 0.1) is 0 Å². The third-order valence-electron chi connectivity index (χ3n) is 5.54. The van der Waals surface area contributed by atoms with Crippen LogP contribution < -0.4 is 10.5 Å². The van der Waals surface area contributed by atoms with E-state index in [1.807, 2.05) is 53.7 Å². The summed E-state index contributed by atoms with van der Waals surface area (Å²) in [4.78, 5) is 22.9. The van der Waals surface area contributed by atoms with Gasteiger partial charge in [0, 0.05) is 31.9 Å². The number of hydrogen-bond acceptors (Lipinski definition) is 5. The van der Waals surface area contributed by atoms with E-state index in [0.29, 0.717) is 18.9 Å². The Labute approximate surface area is 181 Å². The fraction of sp³-hybridized carbons (Fsp3) is 0.292. The van der Waals surface area contributed by atoms with Crippen LogP contribution in [0.5, 0.6) is 5.75 Å². The van der Waals surface area contributed by atoms with Crippen LogP contribution in [0.1, 0.15) is 25.3 Å². The molecule has 4 aromatic rings. The molecule has 0 aliphatic carbocycles. The number of aromatic nitrogens is 3. The number of methoxy groups -OCH3 is 1. The number of nitrogens with two attached hydrogens (primary N) is 1. The highest BCUT2D eigenvalue weighted by Gasteiger charge is 2.13. The number of hydrogen-bond donors (Lipinski definition) is 1. The summed E-state index contributed by atoms with van der Waals surface area (Å²) in [5, 5.41) is 1.05. The van der Waals surface area contributed by atoms with Gasteiger partial charge in [0.2, 0.25) is 5.91 Å². The third kappa shape index (κ3) is 4.45. The van der Waals surface area contributed by atoms with Gasteiger partial charge in [-0.3, -0.25) is 4.79 Å². The maximum absolute atomic E-state index is 12.1. The van der Waals surface area contributed by atoms with Crippen LogP contribution in [-0.2, 0) is 17.9 Å². The SMILES string of the molecule is COc1ccc(CN(CCCCn2cnc3c(N)nc4ccccc4c32)C(C)=O)cc1. The Balaban J connectivity index is 1.41. The molecule has 7 nitrogen and oxygen atoms in total. The second kappa shape index (κ2) is 9.04. The fourth-order valence-corrected chi connectivity index (χ4v) is 3.86. The molecule has 0 radical (unpaired) electrons. The lowest BCUT2D eigenvalue weighted by molar-refractivity contribution is -0.129. The van der Waals surface area contributed by atoms with Gasteiger partial charge < -0.3 is 19.9 Å². The Hall–Kier alpha value is -3.61. The van der Waals surface area contributed by atoms with Gasteiger partial charge >= 0.3 is 0 Å². The van der Waals surface area contributed by atoms with Crippen molar-refractivity contribution in [2.75, 3.05) is 19.4 Å². The molecule has 2 aromatic carbocycles. The number of carbonyl (C=O) groups is 1. The monoisotopic (exact) mass is 417 g/mol. The lowest BCUT2D eigenvalue weighted by Gasteiger charge is -2.21. The zero-order chi connectivity index (χ0) is 21.8. The van der Waals surface area contributed by atoms with Gasteiger partial charge in [-0.15, -0.1) is 0 Å². The average molecular weight is 418 g/mol. The van der Waals surface area contributed by atoms with Crippen molar-refractivity contribution in [2.45, 2.75) is 32.9 Å². The van der Waals surface area contributed by atoms with Crippen molar-refractivity contribution in [1.82, 2.24) is 19.4 Å². The number of unbranched alkanes of at least 4 members (excludes halogenated alkanes) is 1. The van der Waals surface area contributed by atoms with Crippen LogP contribution in [-0.4, -0.2) is 39.0 Å². The number of amides is 1. The number of aryl methyl sites for hydroxylation is 1. The zero-order valence-corrected chi connectivity index (χ0v) is 17.9. The van der Waals surface area contributed by atoms with Crippen molar-refractivity contribution in [3.63, 3.8) is 0 Å².